The summed E-state index contributed by atoms with van der Waals surface area (Å²) in [4.78, 5) is 19.1. The Morgan fingerprint density at radius 3 is 2.83 bits per heavy atom. The second kappa shape index (κ2) is 5.88. The van der Waals surface area contributed by atoms with Gasteiger partial charge in [-0.05, 0) is 36.5 Å². The maximum atomic E-state index is 12.8. The van der Waals surface area contributed by atoms with Crippen molar-refractivity contribution in [2.45, 2.75) is 12.8 Å². The third-order valence-electron chi connectivity index (χ3n) is 4.58. The van der Waals surface area contributed by atoms with E-state index in [4.69, 9.17) is 0 Å². The fraction of sp³-hybridized carbons (Fsp3) is 0.263. The zero-order valence-electron chi connectivity index (χ0n) is 12.9. The molecule has 1 fully saturated rings. The maximum absolute atomic E-state index is 12.8. The van der Waals surface area contributed by atoms with E-state index in [2.05, 4.69) is 29.2 Å². The number of nitrogens with zero attached hydrogens (tertiary/aromatic N) is 3. The van der Waals surface area contributed by atoms with Crippen LogP contribution in [-0.2, 0) is 6.42 Å². The first kappa shape index (κ1) is 14.0. The number of benzene rings is 1. The van der Waals surface area contributed by atoms with E-state index in [9.17, 15) is 4.79 Å². The number of pyridine rings is 1. The van der Waals surface area contributed by atoms with Gasteiger partial charge in [0.15, 0.2) is 0 Å². The van der Waals surface area contributed by atoms with Crippen molar-refractivity contribution in [1.82, 2.24) is 14.3 Å². The minimum atomic E-state index is 0.0826. The first-order valence-electron chi connectivity index (χ1n) is 8.06. The van der Waals surface area contributed by atoms with Crippen LogP contribution in [0.1, 0.15) is 22.5 Å². The van der Waals surface area contributed by atoms with E-state index in [0.29, 0.717) is 11.6 Å². The van der Waals surface area contributed by atoms with Gasteiger partial charge in [0.25, 0.3) is 5.91 Å². The summed E-state index contributed by atoms with van der Waals surface area (Å²) < 4.78 is 1.87. The number of aromatic nitrogens is 2. The Balaban J connectivity index is 1.48. The van der Waals surface area contributed by atoms with Crippen molar-refractivity contribution in [3.63, 3.8) is 0 Å². The Bertz CT molecular complexity index is 825. The van der Waals surface area contributed by atoms with Crippen LogP contribution >= 0.6 is 0 Å². The highest BCUT2D eigenvalue weighted by Gasteiger charge is 2.28. The molecule has 116 valence electrons. The van der Waals surface area contributed by atoms with Crippen molar-refractivity contribution < 1.29 is 4.79 Å². The van der Waals surface area contributed by atoms with Gasteiger partial charge < -0.3 is 4.90 Å². The van der Waals surface area contributed by atoms with Gasteiger partial charge in [-0.15, -0.1) is 0 Å². The van der Waals surface area contributed by atoms with Gasteiger partial charge in [-0.2, -0.15) is 0 Å². The third-order valence-corrected chi connectivity index (χ3v) is 4.58. The maximum Gasteiger partial charge on any atom is 0.272 e. The predicted molar refractivity (Wildman–Crippen MR) is 89.3 cm³/mol. The van der Waals surface area contributed by atoms with Crippen molar-refractivity contribution in [2.24, 2.45) is 5.92 Å². The molecule has 1 saturated heterocycles. The smallest absolute Gasteiger partial charge is 0.272 e. The molecule has 1 aliphatic rings. The average Bonchev–Trinajstić information content (AvgIpc) is 3.22. The lowest BCUT2D eigenvalue weighted by molar-refractivity contribution is 0.0780. The van der Waals surface area contributed by atoms with E-state index >= 15 is 0 Å². The zero-order valence-corrected chi connectivity index (χ0v) is 12.9. The fourth-order valence-electron chi connectivity index (χ4n) is 3.38. The summed E-state index contributed by atoms with van der Waals surface area (Å²) in [6, 6.07) is 16.3. The number of fused-ring (bicyclic) bond motifs is 1. The highest BCUT2D eigenvalue weighted by atomic mass is 16.2. The third kappa shape index (κ3) is 2.72. The molecule has 1 amide bonds. The number of imidazole rings is 1. The molecule has 1 atom stereocenters. The van der Waals surface area contributed by atoms with Gasteiger partial charge >= 0.3 is 0 Å². The number of rotatable bonds is 3. The van der Waals surface area contributed by atoms with Crippen LogP contribution in [0, 0.1) is 5.92 Å². The van der Waals surface area contributed by atoms with Crippen LogP contribution in [0.3, 0.4) is 0 Å². The van der Waals surface area contributed by atoms with Crippen molar-refractivity contribution >= 4 is 11.6 Å². The Morgan fingerprint density at radius 2 is 1.96 bits per heavy atom. The first-order chi connectivity index (χ1) is 11.3. The van der Waals surface area contributed by atoms with Gasteiger partial charge in [-0.3, -0.25) is 9.20 Å². The number of hydrogen-bond acceptors (Lipinski definition) is 2. The van der Waals surface area contributed by atoms with Crippen LogP contribution in [0.4, 0.5) is 0 Å². The van der Waals surface area contributed by atoms with Crippen molar-refractivity contribution in [3.8, 4) is 0 Å². The molecule has 1 aliphatic heterocycles. The molecule has 1 unspecified atom stereocenters. The number of likely N-dealkylation sites (tertiary alicyclic amines) is 1. The molecule has 0 bridgehead atoms. The van der Waals surface area contributed by atoms with Crippen molar-refractivity contribution in [2.75, 3.05) is 13.1 Å². The summed E-state index contributed by atoms with van der Waals surface area (Å²) in [6.45, 7) is 1.66. The summed E-state index contributed by atoms with van der Waals surface area (Å²) in [5.74, 6) is 0.625. The van der Waals surface area contributed by atoms with E-state index in [1.165, 1.54) is 5.56 Å². The van der Waals surface area contributed by atoms with E-state index in [1.54, 1.807) is 6.20 Å². The second-order valence-corrected chi connectivity index (χ2v) is 6.17. The quantitative estimate of drug-likeness (QED) is 0.746. The van der Waals surface area contributed by atoms with Crippen molar-refractivity contribution in [3.05, 3.63) is 72.2 Å². The number of carbonyl (C=O) groups is 1. The van der Waals surface area contributed by atoms with Gasteiger partial charge in [-0.25, -0.2) is 4.98 Å². The van der Waals surface area contributed by atoms with E-state index in [0.717, 1.165) is 31.6 Å². The highest BCUT2D eigenvalue weighted by molar-refractivity contribution is 5.93. The fourth-order valence-corrected chi connectivity index (χ4v) is 3.38. The molecule has 0 N–H and O–H groups in total. The lowest BCUT2D eigenvalue weighted by Gasteiger charge is -2.16. The molecule has 3 heterocycles. The largest absolute Gasteiger partial charge is 0.337 e. The lowest BCUT2D eigenvalue weighted by Crippen LogP contribution is -2.29. The molecule has 0 spiro atoms. The van der Waals surface area contributed by atoms with Gasteiger partial charge in [0, 0.05) is 19.3 Å². The number of carbonyl (C=O) groups excluding carboxylic acids is 1. The molecule has 4 nitrogen and oxygen atoms in total. The second-order valence-electron chi connectivity index (χ2n) is 6.17. The Morgan fingerprint density at radius 1 is 1.13 bits per heavy atom. The highest BCUT2D eigenvalue weighted by Crippen LogP contribution is 2.22. The first-order valence-corrected chi connectivity index (χ1v) is 8.06. The molecular formula is C19H19N3O. The van der Waals surface area contributed by atoms with E-state index in [-0.39, 0.29) is 5.91 Å². The van der Waals surface area contributed by atoms with Crippen molar-refractivity contribution in [1.29, 1.82) is 0 Å². The number of amides is 1. The topological polar surface area (TPSA) is 37.6 Å². The molecule has 4 rings (SSSR count). The molecule has 3 aromatic rings. The van der Waals surface area contributed by atoms with Crippen LogP contribution in [-0.4, -0.2) is 33.3 Å². The number of hydrogen-bond donors (Lipinski definition) is 0. The summed E-state index contributed by atoms with van der Waals surface area (Å²) in [5, 5.41) is 0. The Labute approximate surface area is 135 Å². The monoisotopic (exact) mass is 305 g/mol. The van der Waals surface area contributed by atoms with Crippen LogP contribution in [0.5, 0.6) is 0 Å². The normalized spacial score (nSPS) is 17.7. The summed E-state index contributed by atoms with van der Waals surface area (Å²) in [5.41, 5.74) is 2.82. The van der Waals surface area contributed by atoms with Gasteiger partial charge in [-0.1, -0.05) is 36.4 Å². The lowest BCUT2D eigenvalue weighted by atomic mass is 9.99. The molecule has 0 radical (unpaired) electrons. The van der Waals surface area contributed by atoms with Gasteiger partial charge in [0.2, 0.25) is 0 Å². The van der Waals surface area contributed by atoms with Crippen LogP contribution in [0.25, 0.3) is 5.65 Å². The minimum absolute atomic E-state index is 0.0826. The van der Waals surface area contributed by atoms with Gasteiger partial charge in [0.05, 0.1) is 6.20 Å². The van der Waals surface area contributed by atoms with Crippen LogP contribution < -0.4 is 0 Å². The Kier molecular flexibility index (Phi) is 3.58. The summed E-state index contributed by atoms with van der Waals surface area (Å²) >= 11 is 0. The molecule has 4 heteroatoms. The van der Waals surface area contributed by atoms with E-state index < -0.39 is 0 Å². The summed E-state index contributed by atoms with van der Waals surface area (Å²) in [7, 11) is 0. The van der Waals surface area contributed by atoms with Crippen LogP contribution in [0.15, 0.2) is 60.9 Å². The SMILES string of the molecule is O=C(c1cnc2ccccn12)N1CCC(Cc2ccccc2)C1. The molecule has 0 aliphatic carbocycles. The molecule has 1 aromatic carbocycles. The minimum Gasteiger partial charge on any atom is -0.337 e. The molecule has 23 heavy (non-hydrogen) atoms. The zero-order chi connectivity index (χ0) is 15.6. The van der Waals surface area contributed by atoms with Crippen LogP contribution in [0.2, 0.25) is 0 Å². The van der Waals surface area contributed by atoms with E-state index in [1.807, 2.05) is 39.8 Å². The molecule has 2 aromatic heterocycles. The summed E-state index contributed by atoms with van der Waals surface area (Å²) in [6.07, 6.45) is 5.68. The standard InChI is InChI=1S/C19H19N3O/c23-19(17-13-20-18-8-4-5-10-22(17)18)21-11-9-16(14-21)12-15-6-2-1-3-7-15/h1-8,10,13,16H,9,11-12,14H2. The average molecular weight is 305 g/mol. The predicted octanol–water partition coefficient (Wildman–Crippen LogP) is 3.04. The Hall–Kier alpha value is -2.62. The molecular weight excluding hydrogens is 286 g/mol. The molecule has 0 saturated carbocycles. The van der Waals surface area contributed by atoms with Gasteiger partial charge in [0.1, 0.15) is 11.3 Å².